The number of hydrogen-bond acceptors (Lipinski definition) is 5. The lowest BCUT2D eigenvalue weighted by Crippen LogP contribution is -2.27. The fourth-order valence-electron chi connectivity index (χ4n) is 3.86. The molecule has 0 saturated carbocycles. The molecule has 3 atom stereocenters. The highest BCUT2D eigenvalue weighted by atomic mass is 16.2. The first-order chi connectivity index (χ1) is 14.9. The van der Waals surface area contributed by atoms with Crippen molar-refractivity contribution in [2.75, 3.05) is 6.54 Å². The zero-order valence-electron chi connectivity index (χ0n) is 17.8. The summed E-state index contributed by atoms with van der Waals surface area (Å²) < 4.78 is 0. The van der Waals surface area contributed by atoms with Crippen LogP contribution in [0.3, 0.4) is 0 Å². The summed E-state index contributed by atoms with van der Waals surface area (Å²) >= 11 is 0. The van der Waals surface area contributed by atoms with Crippen LogP contribution in [0.5, 0.6) is 0 Å². The molecule has 7 heteroatoms. The van der Waals surface area contributed by atoms with Crippen molar-refractivity contribution in [3.63, 3.8) is 0 Å². The number of carbonyl (C=O) groups excluding carboxylic acids is 2. The van der Waals surface area contributed by atoms with E-state index in [4.69, 9.17) is 0 Å². The van der Waals surface area contributed by atoms with Crippen molar-refractivity contribution in [3.05, 3.63) is 77.5 Å². The maximum atomic E-state index is 13.1. The Morgan fingerprint density at radius 3 is 2.65 bits per heavy atom. The first-order valence-electron chi connectivity index (χ1n) is 10.3. The molecular formula is C24H25N5O2. The number of pyridine rings is 1. The van der Waals surface area contributed by atoms with Crippen molar-refractivity contribution >= 4 is 11.8 Å². The quantitative estimate of drug-likeness (QED) is 0.667. The minimum atomic E-state index is -0.306. The van der Waals surface area contributed by atoms with Gasteiger partial charge in [-0.15, -0.1) is 0 Å². The van der Waals surface area contributed by atoms with Gasteiger partial charge < -0.3 is 10.6 Å². The van der Waals surface area contributed by atoms with E-state index in [0.717, 1.165) is 22.4 Å². The molecule has 2 aromatic heterocycles. The van der Waals surface area contributed by atoms with E-state index in [1.54, 1.807) is 24.8 Å². The number of amides is 2. The smallest absolute Gasteiger partial charge is 0.251 e. The third kappa shape index (κ3) is 4.45. The molecule has 0 spiro atoms. The zero-order chi connectivity index (χ0) is 22.0. The fraction of sp³-hybridized carbons (Fsp3) is 0.292. The van der Waals surface area contributed by atoms with E-state index >= 15 is 0 Å². The minimum Gasteiger partial charge on any atom is -0.355 e. The van der Waals surface area contributed by atoms with E-state index in [1.165, 1.54) is 0 Å². The third-order valence-corrected chi connectivity index (χ3v) is 5.61. The number of hydrogen-bond donors (Lipinski definition) is 2. The molecule has 3 heterocycles. The molecule has 3 aromatic rings. The van der Waals surface area contributed by atoms with Crippen LogP contribution >= 0.6 is 0 Å². The highest BCUT2D eigenvalue weighted by molar-refractivity contribution is 5.96. The summed E-state index contributed by atoms with van der Waals surface area (Å²) in [7, 11) is 0. The van der Waals surface area contributed by atoms with E-state index in [0.29, 0.717) is 17.8 Å². The van der Waals surface area contributed by atoms with E-state index in [2.05, 4.69) is 25.6 Å². The Kier molecular flexibility index (Phi) is 5.75. The summed E-state index contributed by atoms with van der Waals surface area (Å²) in [4.78, 5) is 38.4. The Hall–Kier alpha value is -3.61. The summed E-state index contributed by atoms with van der Waals surface area (Å²) in [5, 5.41) is 5.89. The Bertz CT molecular complexity index is 1100. The molecule has 0 bridgehead atoms. The molecule has 4 rings (SSSR count). The molecule has 1 aliphatic rings. The van der Waals surface area contributed by atoms with Gasteiger partial charge in [0.1, 0.15) is 0 Å². The molecule has 2 unspecified atom stereocenters. The van der Waals surface area contributed by atoms with Crippen LogP contribution in [0.2, 0.25) is 0 Å². The van der Waals surface area contributed by atoms with Crippen LogP contribution in [0.4, 0.5) is 0 Å². The van der Waals surface area contributed by atoms with Crippen LogP contribution in [0.15, 0.2) is 55.1 Å². The molecule has 158 valence electrons. The number of aromatic nitrogens is 3. The van der Waals surface area contributed by atoms with Crippen LogP contribution in [-0.4, -0.2) is 33.3 Å². The van der Waals surface area contributed by atoms with Gasteiger partial charge in [-0.05, 0) is 55.2 Å². The first kappa shape index (κ1) is 20.7. The van der Waals surface area contributed by atoms with Gasteiger partial charge in [0.05, 0.1) is 29.5 Å². The van der Waals surface area contributed by atoms with Gasteiger partial charge in [-0.3, -0.25) is 24.5 Å². The molecule has 31 heavy (non-hydrogen) atoms. The van der Waals surface area contributed by atoms with Gasteiger partial charge in [0, 0.05) is 36.3 Å². The lowest BCUT2D eigenvalue weighted by atomic mass is 9.87. The van der Waals surface area contributed by atoms with Gasteiger partial charge in [0.15, 0.2) is 0 Å². The maximum absolute atomic E-state index is 13.1. The van der Waals surface area contributed by atoms with Crippen molar-refractivity contribution in [2.24, 2.45) is 5.92 Å². The average Bonchev–Trinajstić information content (AvgIpc) is 3.12. The second-order valence-electron chi connectivity index (χ2n) is 8.09. The molecular weight excluding hydrogens is 390 g/mol. The van der Waals surface area contributed by atoms with Gasteiger partial charge in [0.25, 0.3) is 5.91 Å². The van der Waals surface area contributed by atoms with Gasteiger partial charge in [-0.2, -0.15) is 0 Å². The number of benzene rings is 1. The Labute approximate surface area is 181 Å². The van der Waals surface area contributed by atoms with Gasteiger partial charge >= 0.3 is 0 Å². The van der Waals surface area contributed by atoms with Crippen molar-refractivity contribution in [1.29, 1.82) is 0 Å². The average molecular weight is 415 g/mol. The molecule has 0 aliphatic carbocycles. The second kappa shape index (κ2) is 8.63. The zero-order valence-corrected chi connectivity index (χ0v) is 17.8. The summed E-state index contributed by atoms with van der Waals surface area (Å²) in [6, 6.07) is 9.19. The second-order valence-corrected chi connectivity index (χ2v) is 8.09. The molecule has 2 amide bonds. The Morgan fingerprint density at radius 1 is 1.16 bits per heavy atom. The van der Waals surface area contributed by atoms with Gasteiger partial charge in [0.2, 0.25) is 5.91 Å². The van der Waals surface area contributed by atoms with Gasteiger partial charge in [-0.25, -0.2) is 0 Å². The predicted molar refractivity (Wildman–Crippen MR) is 117 cm³/mol. The molecule has 1 aromatic carbocycles. The highest BCUT2D eigenvalue weighted by Gasteiger charge is 2.33. The summed E-state index contributed by atoms with van der Waals surface area (Å²) in [6.07, 6.45) is 6.62. The van der Waals surface area contributed by atoms with Crippen molar-refractivity contribution in [3.8, 4) is 11.3 Å². The first-order valence-corrected chi connectivity index (χ1v) is 10.3. The fourth-order valence-corrected chi connectivity index (χ4v) is 3.86. The predicted octanol–water partition coefficient (Wildman–Crippen LogP) is 3.19. The Balaban J connectivity index is 1.71. The minimum absolute atomic E-state index is 0.0131. The molecule has 1 aliphatic heterocycles. The lowest BCUT2D eigenvalue weighted by Gasteiger charge is -2.17. The molecule has 1 fully saturated rings. The summed E-state index contributed by atoms with van der Waals surface area (Å²) in [5.74, 6) is -0.405. The van der Waals surface area contributed by atoms with Crippen LogP contribution < -0.4 is 10.6 Å². The lowest BCUT2D eigenvalue weighted by molar-refractivity contribution is -0.120. The topological polar surface area (TPSA) is 96.9 Å². The van der Waals surface area contributed by atoms with Crippen LogP contribution in [-0.2, 0) is 4.79 Å². The largest absolute Gasteiger partial charge is 0.355 e. The monoisotopic (exact) mass is 415 g/mol. The van der Waals surface area contributed by atoms with E-state index in [-0.39, 0.29) is 29.7 Å². The van der Waals surface area contributed by atoms with Crippen LogP contribution in [0.25, 0.3) is 11.3 Å². The highest BCUT2D eigenvalue weighted by Crippen LogP contribution is 2.32. The molecule has 1 saturated heterocycles. The summed E-state index contributed by atoms with van der Waals surface area (Å²) in [5.41, 5.74) is 4.60. The standard InChI is InChI=1S/C24H25N5O2/c1-14-4-5-20(27-11-14)17-8-18(22-15(2)12-28-24(22)31)10-19(9-17)23(30)29-16(3)21-13-25-6-7-26-21/h4-11,13,15-16,22H,12H2,1-3H3,(H,28,31)(H,29,30)/t15?,16?,22-/m1/s1. The molecule has 2 N–H and O–H groups in total. The number of rotatable bonds is 5. The van der Waals surface area contributed by atoms with Crippen molar-refractivity contribution in [2.45, 2.75) is 32.7 Å². The van der Waals surface area contributed by atoms with Crippen molar-refractivity contribution in [1.82, 2.24) is 25.6 Å². The van der Waals surface area contributed by atoms with Crippen LogP contribution in [0, 0.1) is 12.8 Å². The number of carbonyl (C=O) groups is 2. The Morgan fingerprint density at radius 2 is 2.00 bits per heavy atom. The summed E-state index contributed by atoms with van der Waals surface area (Å²) in [6.45, 7) is 6.50. The number of nitrogens with zero attached hydrogens (tertiary/aromatic N) is 3. The molecule has 0 radical (unpaired) electrons. The number of aryl methyl sites for hydroxylation is 1. The van der Waals surface area contributed by atoms with Gasteiger partial charge in [-0.1, -0.05) is 13.0 Å². The third-order valence-electron chi connectivity index (χ3n) is 5.61. The van der Waals surface area contributed by atoms with Crippen LogP contribution in [0.1, 0.15) is 53.0 Å². The number of nitrogens with one attached hydrogen (secondary N) is 2. The molecule has 7 nitrogen and oxygen atoms in total. The maximum Gasteiger partial charge on any atom is 0.251 e. The van der Waals surface area contributed by atoms with E-state index in [9.17, 15) is 9.59 Å². The van der Waals surface area contributed by atoms with Crippen molar-refractivity contribution < 1.29 is 9.59 Å². The van der Waals surface area contributed by atoms with E-state index in [1.807, 2.05) is 51.1 Å². The normalized spacial score (nSPS) is 19.0. The SMILES string of the molecule is Cc1ccc(-c2cc(C(=O)NC(C)c3cnccn3)cc([C@@H]3C(=O)NCC3C)c2)nc1. The van der Waals surface area contributed by atoms with E-state index < -0.39 is 0 Å².